The fourth-order valence-electron chi connectivity index (χ4n) is 3.89. The van der Waals surface area contributed by atoms with Crippen LogP contribution in [-0.2, 0) is 12.8 Å². The van der Waals surface area contributed by atoms with Gasteiger partial charge in [0.15, 0.2) is 11.5 Å². The van der Waals surface area contributed by atoms with Gasteiger partial charge in [-0.3, -0.25) is 0 Å². The first-order chi connectivity index (χ1) is 14.0. The van der Waals surface area contributed by atoms with E-state index >= 15 is 0 Å². The van der Waals surface area contributed by atoms with Gasteiger partial charge in [0, 0.05) is 24.7 Å². The molecule has 1 aliphatic rings. The average Bonchev–Trinajstić information content (AvgIpc) is 2.69. The lowest BCUT2D eigenvalue weighted by atomic mass is 9.86. The summed E-state index contributed by atoms with van der Waals surface area (Å²) >= 11 is 0. The van der Waals surface area contributed by atoms with Crippen molar-refractivity contribution in [1.29, 1.82) is 0 Å². The predicted octanol–water partition coefficient (Wildman–Crippen LogP) is 3.88. The first-order valence-corrected chi connectivity index (χ1v) is 10.8. The highest BCUT2D eigenvalue weighted by Gasteiger charge is 2.28. The van der Waals surface area contributed by atoms with Crippen molar-refractivity contribution in [3.05, 3.63) is 23.3 Å². The first-order valence-electron chi connectivity index (χ1n) is 10.8. The van der Waals surface area contributed by atoms with Crippen LogP contribution in [0.2, 0.25) is 0 Å². The second kappa shape index (κ2) is 11.7. The van der Waals surface area contributed by atoms with Gasteiger partial charge in [-0.1, -0.05) is 19.9 Å². The molecule has 2 N–H and O–H groups in total. The van der Waals surface area contributed by atoms with Crippen molar-refractivity contribution >= 4 is 12.2 Å². The molecule has 7 nitrogen and oxygen atoms in total. The molecule has 29 heavy (non-hydrogen) atoms. The summed E-state index contributed by atoms with van der Waals surface area (Å²) in [6, 6.07) is 4.21. The van der Waals surface area contributed by atoms with Crippen molar-refractivity contribution in [2.75, 3.05) is 26.2 Å². The molecule has 0 spiro atoms. The van der Waals surface area contributed by atoms with E-state index in [1.165, 1.54) is 0 Å². The second-order valence-corrected chi connectivity index (χ2v) is 7.30. The number of nitrogens with zero attached hydrogens (tertiary/aromatic N) is 1. The maximum Gasteiger partial charge on any atom is 0.412 e. The molecule has 2 amide bonds. The SMILES string of the molecule is CCCN(CCC)[C@H]1CCc2c(ccc(OC(=O)NCC)c2OC(=O)NCC)C1. The second-order valence-electron chi connectivity index (χ2n) is 7.30. The van der Waals surface area contributed by atoms with Crippen LogP contribution in [0.4, 0.5) is 9.59 Å². The van der Waals surface area contributed by atoms with Gasteiger partial charge in [0.05, 0.1) is 0 Å². The van der Waals surface area contributed by atoms with Gasteiger partial charge in [0.2, 0.25) is 0 Å². The number of carbonyl (C=O) groups excluding carboxylic acids is 2. The average molecular weight is 406 g/mol. The Hall–Kier alpha value is -2.28. The van der Waals surface area contributed by atoms with Crippen molar-refractivity contribution in [3.8, 4) is 11.5 Å². The highest BCUT2D eigenvalue weighted by molar-refractivity contribution is 5.75. The number of hydrogen-bond donors (Lipinski definition) is 2. The molecular formula is C22H35N3O4. The normalized spacial score (nSPS) is 15.6. The Labute approximate surface area is 174 Å². The van der Waals surface area contributed by atoms with Crippen LogP contribution in [0, 0.1) is 0 Å². The van der Waals surface area contributed by atoms with Gasteiger partial charge in [-0.2, -0.15) is 0 Å². The summed E-state index contributed by atoms with van der Waals surface area (Å²) in [5.74, 6) is 0.633. The lowest BCUT2D eigenvalue weighted by Crippen LogP contribution is -2.40. The standard InChI is InChI=1S/C22H35N3O4/c1-5-13-25(14-6-2)17-10-11-18-16(15-17)9-12-19(28-21(26)23-7-3)20(18)29-22(27)24-8-4/h9,12,17H,5-8,10-11,13-15H2,1-4H3,(H,23,26)(H,24,27)/t17-/m0/s1. The molecule has 7 heteroatoms. The van der Waals surface area contributed by atoms with Crippen LogP contribution in [0.15, 0.2) is 12.1 Å². The summed E-state index contributed by atoms with van der Waals surface area (Å²) < 4.78 is 11.0. The molecule has 0 saturated carbocycles. The molecule has 0 fully saturated rings. The highest BCUT2D eigenvalue weighted by Crippen LogP contribution is 2.39. The van der Waals surface area contributed by atoms with Crippen LogP contribution >= 0.6 is 0 Å². The van der Waals surface area contributed by atoms with E-state index in [1.807, 2.05) is 19.9 Å². The molecule has 0 radical (unpaired) electrons. The fourth-order valence-corrected chi connectivity index (χ4v) is 3.89. The van der Waals surface area contributed by atoms with Gasteiger partial charge in [0.25, 0.3) is 0 Å². The van der Waals surface area contributed by atoms with E-state index in [0.29, 0.717) is 24.9 Å². The number of benzene rings is 1. The third-order valence-corrected chi connectivity index (χ3v) is 5.08. The lowest BCUT2D eigenvalue weighted by Gasteiger charge is -2.35. The molecule has 2 rings (SSSR count). The van der Waals surface area contributed by atoms with Crippen molar-refractivity contribution in [2.24, 2.45) is 0 Å². The molecule has 0 bridgehead atoms. The van der Waals surface area contributed by atoms with Crippen LogP contribution < -0.4 is 20.1 Å². The maximum absolute atomic E-state index is 12.1. The Morgan fingerprint density at radius 3 is 2.21 bits per heavy atom. The topological polar surface area (TPSA) is 79.9 Å². The van der Waals surface area contributed by atoms with Crippen molar-refractivity contribution in [2.45, 2.75) is 65.8 Å². The molecule has 0 heterocycles. The molecule has 1 aliphatic carbocycles. The Bertz CT molecular complexity index is 687. The van der Waals surface area contributed by atoms with Gasteiger partial charge >= 0.3 is 12.2 Å². The first kappa shape index (κ1) is 23.0. The van der Waals surface area contributed by atoms with Gasteiger partial charge in [-0.15, -0.1) is 0 Å². The molecule has 0 unspecified atom stereocenters. The van der Waals surface area contributed by atoms with E-state index in [2.05, 4.69) is 29.4 Å². The smallest absolute Gasteiger partial charge is 0.406 e. The zero-order valence-corrected chi connectivity index (χ0v) is 18.2. The Kier molecular flexibility index (Phi) is 9.25. The highest BCUT2D eigenvalue weighted by atomic mass is 16.6. The monoisotopic (exact) mass is 405 g/mol. The van der Waals surface area contributed by atoms with Crippen molar-refractivity contribution < 1.29 is 19.1 Å². The number of rotatable bonds is 9. The number of fused-ring (bicyclic) bond motifs is 1. The quantitative estimate of drug-likeness (QED) is 0.652. The van der Waals surface area contributed by atoms with Gasteiger partial charge in [-0.05, 0) is 70.7 Å². The minimum atomic E-state index is -0.557. The van der Waals surface area contributed by atoms with E-state index < -0.39 is 12.2 Å². The predicted molar refractivity (Wildman–Crippen MR) is 114 cm³/mol. The number of amides is 2. The largest absolute Gasteiger partial charge is 0.412 e. The molecule has 0 saturated heterocycles. The Morgan fingerprint density at radius 2 is 1.62 bits per heavy atom. The zero-order valence-electron chi connectivity index (χ0n) is 18.2. The maximum atomic E-state index is 12.1. The summed E-state index contributed by atoms with van der Waals surface area (Å²) in [7, 11) is 0. The number of carbonyl (C=O) groups is 2. The Morgan fingerprint density at radius 1 is 1.00 bits per heavy atom. The number of ether oxygens (including phenoxy) is 2. The van der Waals surface area contributed by atoms with Crippen LogP contribution in [0.3, 0.4) is 0 Å². The fraction of sp³-hybridized carbons (Fsp3) is 0.636. The zero-order chi connectivity index (χ0) is 21.2. The van der Waals surface area contributed by atoms with E-state index in [0.717, 1.165) is 56.3 Å². The number of hydrogen-bond acceptors (Lipinski definition) is 5. The van der Waals surface area contributed by atoms with Gasteiger partial charge in [-0.25, -0.2) is 9.59 Å². The molecular weight excluding hydrogens is 370 g/mol. The summed E-state index contributed by atoms with van der Waals surface area (Å²) in [6.45, 7) is 11.2. The molecule has 0 aromatic heterocycles. The summed E-state index contributed by atoms with van der Waals surface area (Å²) in [4.78, 5) is 26.6. The van der Waals surface area contributed by atoms with Crippen molar-refractivity contribution in [1.82, 2.24) is 15.5 Å². The van der Waals surface area contributed by atoms with E-state index in [1.54, 1.807) is 6.07 Å². The van der Waals surface area contributed by atoms with Crippen LogP contribution in [0.1, 0.15) is 58.1 Å². The van der Waals surface area contributed by atoms with Gasteiger partial charge < -0.3 is 25.0 Å². The van der Waals surface area contributed by atoms with Gasteiger partial charge in [0.1, 0.15) is 0 Å². The van der Waals surface area contributed by atoms with E-state index in [4.69, 9.17) is 9.47 Å². The third kappa shape index (κ3) is 6.35. The summed E-state index contributed by atoms with van der Waals surface area (Å²) in [5, 5.41) is 5.25. The van der Waals surface area contributed by atoms with Crippen LogP contribution in [-0.4, -0.2) is 49.3 Å². The van der Waals surface area contributed by atoms with Crippen molar-refractivity contribution in [3.63, 3.8) is 0 Å². The minimum Gasteiger partial charge on any atom is -0.406 e. The minimum absolute atomic E-state index is 0.276. The molecule has 162 valence electrons. The molecule has 1 aromatic carbocycles. The third-order valence-electron chi connectivity index (χ3n) is 5.08. The van der Waals surface area contributed by atoms with E-state index in [-0.39, 0.29) is 5.75 Å². The van der Waals surface area contributed by atoms with Crippen LogP contribution in [0.5, 0.6) is 11.5 Å². The number of nitrogens with one attached hydrogen (secondary N) is 2. The summed E-state index contributed by atoms with van der Waals surface area (Å²) in [5.41, 5.74) is 2.11. The molecule has 0 aliphatic heterocycles. The summed E-state index contributed by atoms with van der Waals surface area (Å²) in [6.07, 6.45) is 3.85. The lowest BCUT2D eigenvalue weighted by molar-refractivity contribution is 0.177. The van der Waals surface area contributed by atoms with Crippen LogP contribution in [0.25, 0.3) is 0 Å². The molecule has 1 atom stereocenters. The van der Waals surface area contributed by atoms with E-state index in [9.17, 15) is 9.59 Å². The Balaban J connectivity index is 2.30. The molecule has 1 aromatic rings.